The van der Waals surface area contributed by atoms with Crippen molar-refractivity contribution in [2.24, 2.45) is 5.92 Å². The maximum absolute atomic E-state index is 12.6. The smallest absolute Gasteiger partial charge is 0.243 e. The zero-order chi connectivity index (χ0) is 13.9. The van der Waals surface area contributed by atoms with Gasteiger partial charge in [0.2, 0.25) is 10.0 Å². The molecule has 19 heavy (non-hydrogen) atoms. The van der Waals surface area contributed by atoms with E-state index in [2.05, 4.69) is 17.2 Å². The van der Waals surface area contributed by atoms with Crippen LogP contribution in [0, 0.1) is 5.92 Å². The predicted octanol–water partition coefficient (Wildman–Crippen LogP) is 1.93. The molecule has 1 fully saturated rings. The Morgan fingerprint density at radius 2 is 2.32 bits per heavy atom. The maximum atomic E-state index is 12.6. The Bertz CT molecular complexity index is 530. The molecule has 1 aliphatic heterocycles. The van der Waals surface area contributed by atoms with Gasteiger partial charge in [-0.25, -0.2) is 13.4 Å². The number of aromatic nitrogens is 1. The Kier molecular flexibility index (Phi) is 4.42. The first-order valence-corrected chi connectivity index (χ1v) is 8.18. The zero-order valence-electron chi connectivity index (χ0n) is 11.5. The van der Waals surface area contributed by atoms with Gasteiger partial charge in [0.25, 0.3) is 0 Å². The van der Waals surface area contributed by atoms with Gasteiger partial charge >= 0.3 is 0 Å². The molecule has 1 aliphatic rings. The Labute approximate surface area is 115 Å². The largest absolute Gasteiger partial charge is 0.370 e. The van der Waals surface area contributed by atoms with Gasteiger partial charge in [-0.05, 0) is 31.7 Å². The Morgan fingerprint density at radius 1 is 1.53 bits per heavy atom. The number of hydrogen-bond donors (Lipinski definition) is 1. The van der Waals surface area contributed by atoms with E-state index < -0.39 is 10.0 Å². The number of rotatable bonds is 4. The third-order valence-corrected chi connectivity index (χ3v) is 5.21. The lowest BCUT2D eigenvalue weighted by atomic mass is 10.0. The Hall–Kier alpha value is -1.14. The van der Waals surface area contributed by atoms with Crippen LogP contribution in [0.25, 0.3) is 0 Å². The van der Waals surface area contributed by atoms with Crippen LogP contribution < -0.4 is 5.32 Å². The highest BCUT2D eigenvalue weighted by molar-refractivity contribution is 7.89. The lowest BCUT2D eigenvalue weighted by molar-refractivity contribution is 0.281. The van der Waals surface area contributed by atoms with Crippen LogP contribution in [-0.2, 0) is 10.0 Å². The molecular weight excluding hydrogens is 262 g/mol. The Balaban J connectivity index is 2.25. The molecule has 0 saturated carbocycles. The maximum Gasteiger partial charge on any atom is 0.243 e. The second-order valence-corrected chi connectivity index (χ2v) is 6.96. The summed E-state index contributed by atoms with van der Waals surface area (Å²) in [6.07, 6.45) is 3.58. The van der Waals surface area contributed by atoms with Crippen LogP contribution in [0.4, 0.5) is 5.82 Å². The molecule has 1 saturated heterocycles. The van der Waals surface area contributed by atoms with Crippen molar-refractivity contribution in [2.45, 2.75) is 31.6 Å². The highest BCUT2D eigenvalue weighted by atomic mass is 32.2. The van der Waals surface area contributed by atoms with Crippen molar-refractivity contribution in [3.63, 3.8) is 0 Å². The number of pyridine rings is 1. The monoisotopic (exact) mass is 283 g/mol. The first-order valence-electron chi connectivity index (χ1n) is 6.74. The van der Waals surface area contributed by atoms with E-state index in [0.717, 1.165) is 19.4 Å². The lowest BCUT2D eigenvalue weighted by Crippen LogP contribution is -2.39. The molecular formula is C13H21N3O2S. The quantitative estimate of drug-likeness (QED) is 0.917. The number of nitrogens with zero attached hydrogens (tertiary/aromatic N) is 2. The van der Waals surface area contributed by atoms with E-state index in [0.29, 0.717) is 29.7 Å². The summed E-state index contributed by atoms with van der Waals surface area (Å²) in [6, 6.07) is 3.17. The van der Waals surface area contributed by atoms with E-state index >= 15 is 0 Å². The first-order chi connectivity index (χ1) is 9.04. The summed E-state index contributed by atoms with van der Waals surface area (Å²) in [4.78, 5) is 4.44. The summed E-state index contributed by atoms with van der Waals surface area (Å²) >= 11 is 0. The van der Waals surface area contributed by atoms with E-state index in [4.69, 9.17) is 0 Å². The molecule has 6 heteroatoms. The molecule has 5 nitrogen and oxygen atoms in total. The fourth-order valence-electron chi connectivity index (χ4n) is 2.36. The van der Waals surface area contributed by atoms with Gasteiger partial charge in [0.05, 0.1) is 4.90 Å². The average molecular weight is 283 g/mol. The van der Waals surface area contributed by atoms with E-state index in [1.165, 1.54) is 6.20 Å². The molecule has 1 unspecified atom stereocenters. The molecule has 1 N–H and O–H groups in total. The molecule has 2 heterocycles. The van der Waals surface area contributed by atoms with E-state index in [1.54, 1.807) is 16.4 Å². The summed E-state index contributed by atoms with van der Waals surface area (Å²) in [5, 5.41) is 3.04. The fraction of sp³-hybridized carbons (Fsp3) is 0.615. The molecule has 0 amide bonds. The summed E-state index contributed by atoms with van der Waals surface area (Å²) in [5.41, 5.74) is 0. The van der Waals surface area contributed by atoms with Crippen molar-refractivity contribution in [3.8, 4) is 0 Å². The van der Waals surface area contributed by atoms with Crippen molar-refractivity contribution in [3.05, 3.63) is 18.3 Å². The highest BCUT2D eigenvalue weighted by Crippen LogP contribution is 2.24. The SMILES string of the molecule is CCNc1cc(S(=O)(=O)N2CCCC(C)C2)ccn1. The van der Waals surface area contributed by atoms with Gasteiger partial charge in [0, 0.05) is 31.9 Å². The Morgan fingerprint density at radius 3 is 3.00 bits per heavy atom. The van der Waals surface area contributed by atoms with Crippen LogP contribution in [0.1, 0.15) is 26.7 Å². The van der Waals surface area contributed by atoms with E-state index in [1.807, 2.05) is 6.92 Å². The molecule has 0 aromatic carbocycles. The topological polar surface area (TPSA) is 62.3 Å². The molecule has 0 bridgehead atoms. The van der Waals surface area contributed by atoms with Crippen LogP contribution in [0.5, 0.6) is 0 Å². The molecule has 1 aromatic rings. The summed E-state index contributed by atoms with van der Waals surface area (Å²) in [7, 11) is -3.38. The van der Waals surface area contributed by atoms with Gasteiger partial charge < -0.3 is 5.32 Å². The van der Waals surface area contributed by atoms with Crippen LogP contribution in [0.3, 0.4) is 0 Å². The third kappa shape index (κ3) is 3.25. The van der Waals surface area contributed by atoms with E-state index in [-0.39, 0.29) is 0 Å². The summed E-state index contributed by atoms with van der Waals surface area (Å²) < 4.78 is 26.7. The fourth-order valence-corrected chi connectivity index (χ4v) is 3.97. The van der Waals surface area contributed by atoms with Gasteiger partial charge in [-0.15, -0.1) is 0 Å². The van der Waals surface area contributed by atoms with Crippen molar-refractivity contribution in [1.29, 1.82) is 0 Å². The molecule has 1 aromatic heterocycles. The number of anilines is 1. The van der Waals surface area contributed by atoms with Gasteiger partial charge in [0.1, 0.15) is 5.82 Å². The standard InChI is InChI=1S/C13H21N3O2S/c1-3-14-13-9-12(6-7-15-13)19(17,18)16-8-4-5-11(2)10-16/h6-7,9,11H,3-5,8,10H2,1-2H3,(H,14,15). The number of sulfonamides is 1. The van der Waals surface area contributed by atoms with Crippen LogP contribution in [0.15, 0.2) is 23.2 Å². The van der Waals surface area contributed by atoms with Gasteiger partial charge in [-0.3, -0.25) is 0 Å². The lowest BCUT2D eigenvalue weighted by Gasteiger charge is -2.30. The highest BCUT2D eigenvalue weighted by Gasteiger charge is 2.28. The van der Waals surface area contributed by atoms with Crippen LogP contribution in [-0.4, -0.2) is 37.3 Å². The molecule has 0 aliphatic carbocycles. The molecule has 0 radical (unpaired) electrons. The zero-order valence-corrected chi connectivity index (χ0v) is 12.3. The van der Waals surface area contributed by atoms with Crippen molar-refractivity contribution >= 4 is 15.8 Å². The minimum Gasteiger partial charge on any atom is -0.370 e. The minimum atomic E-state index is -3.38. The first kappa shape index (κ1) is 14.3. The van der Waals surface area contributed by atoms with Crippen LogP contribution in [0.2, 0.25) is 0 Å². The number of nitrogens with one attached hydrogen (secondary N) is 1. The van der Waals surface area contributed by atoms with Crippen molar-refractivity contribution in [1.82, 2.24) is 9.29 Å². The molecule has 2 rings (SSSR count). The summed E-state index contributed by atoms with van der Waals surface area (Å²) in [5.74, 6) is 1.03. The summed E-state index contributed by atoms with van der Waals surface area (Å²) in [6.45, 7) is 6.00. The number of hydrogen-bond acceptors (Lipinski definition) is 4. The van der Waals surface area contributed by atoms with Gasteiger partial charge in [0.15, 0.2) is 0 Å². The normalized spacial score (nSPS) is 21.3. The van der Waals surface area contributed by atoms with Crippen molar-refractivity contribution < 1.29 is 8.42 Å². The van der Waals surface area contributed by atoms with Crippen molar-refractivity contribution in [2.75, 3.05) is 25.0 Å². The molecule has 106 valence electrons. The molecule has 0 spiro atoms. The second kappa shape index (κ2) is 5.88. The van der Waals surface area contributed by atoms with E-state index in [9.17, 15) is 8.42 Å². The minimum absolute atomic E-state index is 0.326. The van der Waals surface area contributed by atoms with Gasteiger partial charge in [-0.2, -0.15) is 4.31 Å². The predicted molar refractivity (Wildman–Crippen MR) is 75.6 cm³/mol. The molecule has 1 atom stereocenters. The van der Waals surface area contributed by atoms with Gasteiger partial charge in [-0.1, -0.05) is 6.92 Å². The third-order valence-electron chi connectivity index (χ3n) is 3.35. The average Bonchev–Trinajstić information content (AvgIpc) is 2.39. The van der Waals surface area contributed by atoms with Crippen LogP contribution >= 0.6 is 0 Å². The number of piperidine rings is 1. The second-order valence-electron chi connectivity index (χ2n) is 5.02.